The summed E-state index contributed by atoms with van der Waals surface area (Å²) in [5, 5.41) is 9.22. The van der Waals surface area contributed by atoms with Crippen molar-refractivity contribution >= 4 is 40.9 Å². The predicted octanol–water partition coefficient (Wildman–Crippen LogP) is 6.21. The smallest absolute Gasteiger partial charge is 0.414 e. The average molecular weight is 572 g/mol. The van der Waals surface area contributed by atoms with Crippen LogP contribution in [0, 0.1) is 5.82 Å². The number of rotatable bonds is 11. The van der Waals surface area contributed by atoms with Crippen molar-refractivity contribution in [2.24, 2.45) is 0 Å². The zero-order valence-corrected chi connectivity index (χ0v) is 23.2. The molecule has 0 aliphatic heterocycles. The number of hydrogen-bond donors (Lipinski definition) is 1. The van der Waals surface area contributed by atoms with Crippen LogP contribution >= 0.6 is 11.6 Å². The van der Waals surface area contributed by atoms with E-state index >= 15 is 0 Å². The first kappa shape index (κ1) is 30.4. The van der Waals surface area contributed by atoms with Crippen molar-refractivity contribution in [2.45, 2.75) is 39.2 Å². The molecular weight excluding hydrogens is 541 g/mol. The molecule has 11 heteroatoms. The van der Waals surface area contributed by atoms with Crippen LogP contribution in [0.4, 0.5) is 20.6 Å². The molecule has 0 spiro atoms. The summed E-state index contributed by atoms with van der Waals surface area (Å²) in [7, 11) is 0. The summed E-state index contributed by atoms with van der Waals surface area (Å²) < 4.78 is 26.0. The summed E-state index contributed by atoms with van der Waals surface area (Å²) in [6.45, 7) is 5.43. The number of aliphatic carboxylic acids is 1. The van der Waals surface area contributed by atoms with Gasteiger partial charge in [0.25, 0.3) is 5.91 Å². The highest BCUT2D eigenvalue weighted by molar-refractivity contribution is 6.31. The van der Waals surface area contributed by atoms with Gasteiger partial charge in [-0.25, -0.2) is 9.18 Å². The van der Waals surface area contributed by atoms with Crippen molar-refractivity contribution in [3.05, 3.63) is 83.4 Å². The van der Waals surface area contributed by atoms with Crippen molar-refractivity contribution in [2.75, 3.05) is 29.5 Å². The van der Waals surface area contributed by atoms with E-state index in [1.807, 2.05) is 0 Å². The van der Waals surface area contributed by atoms with Crippen LogP contribution in [0.2, 0.25) is 5.02 Å². The predicted molar refractivity (Wildman–Crippen MR) is 150 cm³/mol. The standard InChI is InChI=1S/C29H31ClFN3O6/c1-29(2,3)40-28(38)33(22-10-12-32-13-11-22)15-16-39-23-18-20(17-21(30)19-23)27(37)34(14-6-9-26(35)36)25-8-5-4-7-24(25)31/h4-5,7-8,10-13,17-19H,6,9,14-16H2,1-3H3,(H,35,36). The Morgan fingerprint density at radius 3 is 2.35 bits per heavy atom. The number of nitrogens with zero attached hydrogens (tertiary/aromatic N) is 3. The van der Waals surface area contributed by atoms with E-state index in [0.717, 1.165) is 0 Å². The third-order valence-corrected chi connectivity index (χ3v) is 5.67. The lowest BCUT2D eigenvalue weighted by molar-refractivity contribution is -0.137. The Hall–Kier alpha value is -4.18. The number of aromatic nitrogens is 1. The first-order chi connectivity index (χ1) is 18.9. The second-order valence-corrected chi connectivity index (χ2v) is 10.2. The number of carboxylic acid groups (broad SMARTS) is 1. The molecule has 0 radical (unpaired) electrons. The Balaban J connectivity index is 1.79. The lowest BCUT2D eigenvalue weighted by Crippen LogP contribution is -2.39. The Kier molecular flexibility index (Phi) is 10.4. The molecule has 1 heterocycles. The molecule has 2 amide bonds. The molecule has 0 saturated carbocycles. The number of para-hydroxylation sites is 1. The summed E-state index contributed by atoms with van der Waals surface area (Å²) in [6, 6.07) is 13.5. The van der Waals surface area contributed by atoms with E-state index in [4.69, 9.17) is 26.2 Å². The average Bonchev–Trinajstić information content (AvgIpc) is 2.88. The van der Waals surface area contributed by atoms with Gasteiger partial charge in [0.05, 0.1) is 17.9 Å². The summed E-state index contributed by atoms with van der Waals surface area (Å²) in [5.41, 5.74) is 0.00149. The van der Waals surface area contributed by atoms with Gasteiger partial charge in [0.15, 0.2) is 0 Å². The van der Waals surface area contributed by atoms with Gasteiger partial charge >= 0.3 is 12.1 Å². The lowest BCUT2D eigenvalue weighted by atomic mass is 10.1. The Morgan fingerprint density at radius 1 is 1.00 bits per heavy atom. The fourth-order valence-electron chi connectivity index (χ4n) is 3.74. The monoisotopic (exact) mass is 571 g/mol. The summed E-state index contributed by atoms with van der Waals surface area (Å²) in [4.78, 5) is 43.9. The van der Waals surface area contributed by atoms with E-state index < -0.39 is 29.4 Å². The number of carboxylic acids is 1. The van der Waals surface area contributed by atoms with Crippen LogP contribution in [0.5, 0.6) is 5.75 Å². The molecule has 0 aliphatic rings. The zero-order valence-electron chi connectivity index (χ0n) is 22.5. The second-order valence-electron chi connectivity index (χ2n) is 9.77. The van der Waals surface area contributed by atoms with Crippen LogP contribution in [0.3, 0.4) is 0 Å². The highest BCUT2D eigenvalue weighted by Crippen LogP contribution is 2.26. The molecule has 3 aromatic rings. The van der Waals surface area contributed by atoms with Crippen LogP contribution in [-0.2, 0) is 9.53 Å². The highest BCUT2D eigenvalue weighted by Gasteiger charge is 2.24. The largest absolute Gasteiger partial charge is 0.492 e. The van der Waals surface area contributed by atoms with Crippen LogP contribution < -0.4 is 14.5 Å². The number of benzene rings is 2. The van der Waals surface area contributed by atoms with E-state index in [0.29, 0.717) is 5.69 Å². The lowest BCUT2D eigenvalue weighted by Gasteiger charge is -2.27. The number of pyridine rings is 1. The second kappa shape index (κ2) is 13.7. The van der Waals surface area contributed by atoms with Gasteiger partial charge in [-0.2, -0.15) is 0 Å². The molecule has 1 N–H and O–H groups in total. The number of hydrogen-bond acceptors (Lipinski definition) is 6. The maximum atomic E-state index is 14.6. The topological polar surface area (TPSA) is 109 Å². The van der Waals surface area contributed by atoms with Crippen molar-refractivity contribution in [3.8, 4) is 5.75 Å². The Morgan fingerprint density at radius 2 is 1.70 bits per heavy atom. The first-order valence-electron chi connectivity index (χ1n) is 12.6. The van der Waals surface area contributed by atoms with Gasteiger partial charge in [0.2, 0.25) is 0 Å². The number of carbonyl (C=O) groups excluding carboxylic acids is 2. The van der Waals surface area contributed by atoms with Crippen molar-refractivity contribution in [1.29, 1.82) is 0 Å². The van der Waals surface area contributed by atoms with E-state index in [1.54, 1.807) is 51.4 Å². The molecule has 40 heavy (non-hydrogen) atoms. The third kappa shape index (κ3) is 8.94. The maximum absolute atomic E-state index is 14.6. The van der Waals surface area contributed by atoms with Gasteiger partial charge in [-0.3, -0.25) is 19.5 Å². The molecule has 3 rings (SSSR count). The summed E-state index contributed by atoms with van der Waals surface area (Å²) >= 11 is 6.29. The Labute approximate surface area is 237 Å². The van der Waals surface area contributed by atoms with Crippen molar-refractivity contribution < 1.29 is 33.4 Å². The molecule has 9 nitrogen and oxygen atoms in total. The summed E-state index contributed by atoms with van der Waals surface area (Å²) in [6.07, 6.45) is 2.48. The van der Waals surface area contributed by atoms with Crippen LogP contribution in [0.25, 0.3) is 0 Å². The minimum atomic E-state index is -1.02. The fraction of sp³-hybridized carbons (Fsp3) is 0.310. The normalized spacial score (nSPS) is 11.0. The fourth-order valence-corrected chi connectivity index (χ4v) is 3.96. The molecule has 212 valence electrons. The minimum Gasteiger partial charge on any atom is -0.492 e. The summed E-state index contributed by atoms with van der Waals surface area (Å²) in [5.74, 6) is -1.96. The van der Waals surface area contributed by atoms with E-state index in [9.17, 15) is 18.8 Å². The number of carbonyl (C=O) groups is 3. The van der Waals surface area contributed by atoms with Gasteiger partial charge in [0.1, 0.15) is 23.8 Å². The number of ether oxygens (including phenoxy) is 2. The molecule has 1 aromatic heterocycles. The van der Waals surface area contributed by atoms with Crippen molar-refractivity contribution in [1.82, 2.24) is 4.98 Å². The molecule has 2 aromatic carbocycles. The van der Waals surface area contributed by atoms with E-state index in [1.165, 1.54) is 46.2 Å². The number of amides is 2. The molecule has 0 unspecified atom stereocenters. The van der Waals surface area contributed by atoms with Gasteiger partial charge < -0.3 is 19.5 Å². The molecule has 0 aliphatic carbocycles. The molecule has 0 saturated heterocycles. The number of anilines is 2. The molecule has 0 bridgehead atoms. The van der Waals surface area contributed by atoms with E-state index in [-0.39, 0.29) is 54.6 Å². The quantitative estimate of drug-likeness (QED) is 0.291. The SMILES string of the molecule is CC(C)(C)OC(=O)N(CCOc1cc(Cl)cc(C(=O)N(CCCC(=O)O)c2ccccc2F)c1)c1ccncc1. The molecular formula is C29H31ClFN3O6. The van der Waals surface area contributed by atoms with Gasteiger partial charge in [-0.05, 0) is 69.7 Å². The van der Waals surface area contributed by atoms with Crippen molar-refractivity contribution in [3.63, 3.8) is 0 Å². The molecule has 0 fully saturated rings. The number of halogens is 2. The zero-order chi connectivity index (χ0) is 29.3. The van der Waals surface area contributed by atoms with Gasteiger partial charge in [-0.15, -0.1) is 0 Å². The van der Waals surface area contributed by atoms with Crippen LogP contribution in [0.1, 0.15) is 44.0 Å². The van der Waals surface area contributed by atoms with Gasteiger partial charge in [0, 0.05) is 35.9 Å². The van der Waals surface area contributed by atoms with Crippen LogP contribution in [-0.4, -0.2) is 53.4 Å². The minimum absolute atomic E-state index is 0.0192. The van der Waals surface area contributed by atoms with E-state index in [2.05, 4.69) is 4.98 Å². The maximum Gasteiger partial charge on any atom is 0.414 e. The third-order valence-electron chi connectivity index (χ3n) is 5.45. The van der Waals surface area contributed by atoms with Gasteiger partial charge in [-0.1, -0.05) is 23.7 Å². The highest BCUT2D eigenvalue weighted by atomic mass is 35.5. The Bertz CT molecular complexity index is 1330. The van der Waals surface area contributed by atoms with Crippen LogP contribution in [0.15, 0.2) is 67.0 Å². The first-order valence-corrected chi connectivity index (χ1v) is 12.9. The molecule has 0 atom stereocenters.